The Morgan fingerprint density at radius 1 is 1.27 bits per heavy atom. The van der Waals surface area contributed by atoms with Crippen LogP contribution >= 0.6 is 0 Å². The predicted molar refractivity (Wildman–Crippen MR) is 101 cm³/mol. The predicted octanol–water partition coefficient (Wildman–Crippen LogP) is 2.16. The fourth-order valence-electron chi connectivity index (χ4n) is 4.11. The molecule has 7 heteroatoms. The van der Waals surface area contributed by atoms with Gasteiger partial charge in [0, 0.05) is 62.7 Å². The molecule has 0 aliphatic carbocycles. The largest absolute Gasteiger partial charge is 0.378 e. The average Bonchev–Trinajstić information content (AvgIpc) is 3.17. The van der Waals surface area contributed by atoms with Crippen LogP contribution in [0.4, 0.5) is 10.5 Å². The maximum atomic E-state index is 12.9. The van der Waals surface area contributed by atoms with E-state index in [1.807, 2.05) is 22.2 Å². The van der Waals surface area contributed by atoms with Gasteiger partial charge in [0.25, 0.3) is 0 Å². The summed E-state index contributed by atoms with van der Waals surface area (Å²) in [5.41, 5.74) is 2.06. The summed E-state index contributed by atoms with van der Waals surface area (Å²) in [6.07, 6.45) is 4.79. The first-order chi connectivity index (χ1) is 12.6. The molecular formula is C19H27N5O2. The summed E-state index contributed by atoms with van der Waals surface area (Å²) in [7, 11) is 2.13. The van der Waals surface area contributed by atoms with Crippen molar-refractivity contribution < 1.29 is 9.53 Å². The van der Waals surface area contributed by atoms with Gasteiger partial charge in [-0.1, -0.05) is 6.92 Å². The van der Waals surface area contributed by atoms with E-state index >= 15 is 0 Å². The quantitative estimate of drug-likeness (QED) is 0.895. The van der Waals surface area contributed by atoms with Crippen molar-refractivity contribution in [2.24, 2.45) is 5.92 Å². The van der Waals surface area contributed by atoms with Crippen molar-refractivity contribution in [3.05, 3.63) is 24.5 Å². The highest BCUT2D eigenvalue weighted by Crippen LogP contribution is 2.30. The Morgan fingerprint density at radius 2 is 2.08 bits per heavy atom. The number of nitrogens with zero attached hydrogens (tertiary/aromatic N) is 4. The molecule has 0 radical (unpaired) electrons. The van der Waals surface area contributed by atoms with Gasteiger partial charge in [-0.05, 0) is 24.5 Å². The summed E-state index contributed by atoms with van der Waals surface area (Å²) in [6, 6.07) is 4.57. The molecule has 7 nitrogen and oxygen atoms in total. The van der Waals surface area contributed by atoms with Crippen molar-refractivity contribution in [1.82, 2.24) is 19.8 Å². The number of piperidine rings is 1. The number of likely N-dealkylation sites (N-methyl/N-ethyl adjacent to an activating group) is 1. The lowest BCUT2D eigenvalue weighted by Gasteiger charge is -2.44. The van der Waals surface area contributed by atoms with Crippen LogP contribution in [0.25, 0.3) is 11.0 Å². The number of pyridine rings is 1. The number of rotatable bonds is 2. The van der Waals surface area contributed by atoms with Gasteiger partial charge in [-0.3, -0.25) is 0 Å². The number of amides is 2. The Morgan fingerprint density at radius 3 is 2.88 bits per heavy atom. The number of aromatic amines is 1. The molecule has 2 atom stereocenters. The van der Waals surface area contributed by atoms with E-state index in [9.17, 15) is 4.79 Å². The highest BCUT2D eigenvalue weighted by atomic mass is 16.5. The molecule has 2 aliphatic rings. The number of anilines is 1. The molecule has 0 saturated carbocycles. The second-order valence-corrected chi connectivity index (χ2v) is 7.34. The Bertz CT molecular complexity index is 770. The van der Waals surface area contributed by atoms with E-state index in [0.717, 1.165) is 36.2 Å². The summed E-state index contributed by atoms with van der Waals surface area (Å²) >= 11 is 0. The average molecular weight is 357 g/mol. The van der Waals surface area contributed by atoms with Crippen molar-refractivity contribution in [3.8, 4) is 0 Å². The number of nitrogens with one attached hydrogen (secondary N) is 1. The van der Waals surface area contributed by atoms with Crippen LogP contribution in [0.5, 0.6) is 0 Å². The molecule has 4 rings (SSSR count). The minimum absolute atomic E-state index is 0.153. The van der Waals surface area contributed by atoms with Crippen molar-refractivity contribution in [2.75, 3.05) is 51.3 Å². The van der Waals surface area contributed by atoms with Crippen LogP contribution in [0.2, 0.25) is 0 Å². The van der Waals surface area contributed by atoms with Crippen molar-refractivity contribution in [3.63, 3.8) is 0 Å². The molecule has 2 fully saturated rings. The van der Waals surface area contributed by atoms with Gasteiger partial charge in [0.15, 0.2) is 0 Å². The highest BCUT2D eigenvalue weighted by Gasteiger charge is 2.34. The fraction of sp³-hybridized carbons (Fsp3) is 0.579. The zero-order valence-corrected chi connectivity index (χ0v) is 15.5. The molecule has 1 unspecified atom stereocenters. The summed E-state index contributed by atoms with van der Waals surface area (Å²) in [4.78, 5) is 26.7. The summed E-state index contributed by atoms with van der Waals surface area (Å²) < 4.78 is 5.38. The van der Waals surface area contributed by atoms with E-state index in [4.69, 9.17) is 4.74 Å². The third-order valence-corrected chi connectivity index (χ3v) is 5.79. The second kappa shape index (κ2) is 7.15. The van der Waals surface area contributed by atoms with Crippen molar-refractivity contribution in [1.29, 1.82) is 0 Å². The van der Waals surface area contributed by atoms with E-state index in [1.54, 1.807) is 0 Å². The number of morpholine rings is 1. The van der Waals surface area contributed by atoms with Gasteiger partial charge in [-0.25, -0.2) is 9.78 Å². The number of ether oxygens (including phenoxy) is 1. The van der Waals surface area contributed by atoms with E-state index < -0.39 is 0 Å². The SMILES string of the molecule is C[C@@H]1CCN(C(=O)N2CCOCC2)CC1N(C)c1ccnc2[nH]ccc12. The van der Waals surface area contributed by atoms with Gasteiger partial charge in [0.1, 0.15) is 5.65 Å². The first kappa shape index (κ1) is 17.1. The van der Waals surface area contributed by atoms with Crippen LogP contribution in [0.15, 0.2) is 24.5 Å². The lowest BCUT2D eigenvalue weighted by molar-refractivity contribution is 0.0391. The lowest BCUT2D eigenvalue weighted by atomic mass is 9.92. The highest BCUT2D eigenvalue weighted by molar-refractivity contribution is 5.89. The normalized spacial score (nSPS) is 24.1. The molecule has 2 aliphatic heterocycles. The number of urea groups is 1. The van der Waals surface area contributed by atoms with Crippen LogP contribution in [0, 0.1) is 5.92 Å². The number of fused-ring (bicyclic) bond motifs is 1. The summed E-state index contributed by atoms with van der Waals surface area (Å²) in [5, 5.41) is 1.12. The van der Waals surface area contributed by atoms with Gasteiger partial charge >= 0.3 is 6.03 Å². The van der Waals surface area contributed by atoms with Crippen LogP contribution in [-0.2, 0) is 4.74 Å². The molecule has 26 heavy (non-hydrogen) atoms. The Hall–Kier alpha value is -2.28. The number of hydrogen-bond donors (Lipinski definition) is 1. The zero-order valence-electron chi connectivity index (χ0n) is 15.5. The zero-order chi connectivity index (χ0) is 18.1. The Kier molecular flexibility index (Phi) is 4.72. The van der Waals surface area contributed by atoms with Gasteiger partial charge < -0.3 is 24.4 Å². The Labute approximate surface area is 153 Å². The second-order valence-electron chi connectivity index (χ2n) is 7.34. The number of carbonyl (C=O) groups excluding carboxylic acids is 1. The van der Waals surface area contributed by atoms with Gasteiger partial charge in [0.05, 0.1) is 13.2 Å². The number of carbonyl (C=O) groups is 1. The molecule has 140 valence electrons. The minimum Gasteiger partial charge on any atom is -0.378 e. The summed E-state index contributed by atoms with van der Waals surface area (Å²) in [6.45, 7) is 6.54. The number of hydrogen-bond acceptors (Lipinski definition) is 4. The first-order valence-electron chi connectivity index (χ1n) is 9.41. The van der Waals surface area contributed by atoms with E-state index in [2.05, 4.69) is 41.0 Å². The lowest BCUT2D eigenvalue weighted by Crippen LogP contribution is -2.56. The molecule has 2 saturated heterocycles. The molecular weight excluding hydrogens is 330 g/mol. The van der Waals surface area contributed by atoms with Crippen LogP contribution in [0.1, 0.15) is 13.3 Å². The van der Waals surface area contributed by atoms with Gasteiger partial charge in [0.2, 0.25) is 0 Å². The smallest absolute Gasteiger partial charge is 0.320 e. The molecule has 1 N–H and O–H groups in total. The third-order valence-electron chi connectivity index (χ3n) is 5.79. The fourth-order valence-corrected chi connectivity index (χ4v) is 4.11. The Balaban J connectivity index is 1.53. The van der Waals surface area contributed by atoms with Crippen LogP contribution in [-0.4, -0.2) is 78.3 Å². The van der Waals surface area contributed by atoms with Crippen LogP contribution < -0.4 is 4.90 Å². The maximum Gasteiger partial charge on any atom is 0.320 e. The molecule has 4 heterocycles. The number of H-pyrrole nitrogens is 1. The minimum atomic E-state index is 0.153. The van der Waals surface area contributed by atoms with Gasteiger partial charge in [-0.2, -0.15) is 0 Å². The monoisotopic (exact) mass is 357 g/mol. The standard InChI is InChI=1S/C19H27N5O2/c1-14-5-8-24(19(25)23-9-11-26-12-10-23)13-17(14)22(2)16-4-7-21-18-15(16)3-6-20-18/h3-4,6-7,14,17H,5,8-13H2,1-2H3,(H,20,21)/t14-,17?/m1/s1. The molecule has 2 amide bonds. The third kappa shape index (κ3) is 3.11. The van der Waals surface area contributed by atoms with E-state index in [-0.39, 0.29) is 12.1 Å². The van der Waals surface area contributed by atoms with Crippen molar-refractivity contribution in [2.45, 2.75) is 19.4 Å². The number of likely N-dealkylation sites (tertiary alicyclic amines) is 1. The molecule has 0 bridgehead atoms. The first-order valence-corrected chi connectivity index (χ1v) is 9.41. The molecule has 0 aromatic carbocycles. The molecule has 2 aromatic heterocycles. The molecule has 0 spiro atoms. The summed E-state index contributed by atoms with van der Waals surface area (Å²) in [5.74, 6) is 0.524. The van der Waals surface area contributed by atoms with Crippen molar-refractivity contribution >= 4 is 22.8 Å². The topological polar surface area (TPSA) is 64.7 Å². The number of aromatic nitrogens is 2. The van der Waals surface area contributed by atoms with Gasteiger partial charge in [-0.15, -0.1) is 0 Å². The van der Waals surface area contributed by atoms with Crippen LogP contribution in [0.3, 0.4) is 0 Å². The van der Waals surface area contributed by atoms with E-state index in [0.29, 0.717) is 32.2 Å². The maximum absolute atomic E-state index is 12.9. The molecule has 2 aromatic rings. The van der Waals surface area contributed by atoms with E-state index in [1.165, 1.54) is 0 Å².